The molecule has 0 aliphatic heterocycles. The molecule has 0 N–H and O–H groups in total. The van der Waals surface area contributed by atoms with Crippen molar-refractivity contribution in [3.05, 3.63) is 101 Å². The number of benzene rings is 3. The van der Waals surface area contributed by atoms with Crippen LogP contribution in [0.25, 0.3) is 12.2 Å². The number of halogens is 2. The minimum Gasteiger partial charge on any atom is -0.491 e. The van der Waals surface area contributed by atoms with Gasteiger partial charge in [-0.1, -0.05) is 67.6 Å². The summed E-state index contributed by atoms with van der Waals surface area (Å²) in [4.78, 5) is 0. The third-order valence-electron chi connectivity index (χ3n) is 4.69. The Kier molecular flexibility index (Phi) is 6.59. The molecule has 3 heteroatoms. The van der Waals surface area contributed by atoms with Crippen molar-refractivity contribution in [2.24, 2.45) is 0 Å². The van der Waals surface area contributed by atoms with Crippen molar-refractivity contribution in [1.29, 1.82) is 0 Å². The number of hydrogen-bond acceptors (Lipinski definition) is 1. The lowest BCUT2D eigenvalue weighted by atomic mass is 9.93. The first-order valence-electron chi connectivity index (χ1n) is 9.50. The summed E-state index contributed by atoms with van der Waals surface area (Å²) in [6.45, 7) is 4.36. The molecular formula is C25H24F2O. The molecule has 1 nitrogen and oxygen atoms in total. The third kappa shape index (κ3) is 5.07. The number of rotatable bonds is 7. The normalized spacial score (nSPS) is 12.3. The SMILES string of the molecule is CCOc1ccc(C=Cc2ccc(C[C@H](C)c3ccccc3)cc2F)cc1F. The van der Waals surface area contributed by atoms with Crippen molar-refractivity contribution in [2.75, 3.05) is 6.61 Å². The van der Waals surface area contributed by atoms with E-state index < -0.39 is 5.82 Å². The van der Waals surface area contributed by atoms with E-state index in [4.69, 9.17) is 4.74 Å². The maximum absolute atomic E-state index is 14.5. The summed E-state index contributed by atoms with van der Waals surface area (Å²) in [5.41, 5.74) is 3.33. The fourth-order valence-corrected chi connectivity index (χ4v) is 3.17. The number of hydrogen-bond donors (Lipinski definition) is 0. The second-order valence-corrected chi connectivity index (χ2v) is 6.83. The molecule has 0 amide bonds. The molecular weight excluding hydrogens is 354 g/mol. The van der Waals surface area contributed by atoms with E-state index in [1.54, 1.807) is 43.3 Å². The monoisotopic (exact) mass is 378 g/mol. The van der Waals surface area contributed by atoms with Gasteiger partial charge in [0.05, 0.1) is 6.61 Å². The van der Waals surface area contributed by atoms with E-state index in [-0.39, 0.29) is 11.6 Å². The zero-order valence-corrected chi connectivity index (χ0v) is 16.2. The van der Waals surface area contributed by atoms with Crippen LogP contribution in [0.3, 0.4) is 0 Å². The fraction of sp³-hybridized carbons (Fsp3) is 0.200. The van der Waals surface area contributed by atoms with Crippen LogP contribution in [0.2, 0.25) is 0 Å². The Labute approximate surface area is 165 Å². The Morgan fingerprint density at radius 1 is 0.893 bits per heavy atom. The van der Waals surface area contributed by atoms with E-state index in [9.17, 15) is 8.78 Å². The molecule has 0 unspecified atom stereocenters. The van der Waals surface area contributed by atoms with Crippen LogP contribution in [0.4, 0.5) is 8.78 Å². The Bertz CT molecular complexity index is 948. The van der Waals surface area contributed by atoms with Crippen molar-refractivity contribution < 1.29 is 13.5 Å². The quantitative estimate of drug-likeness (QED) is 0.407. The van der Waals surface area contributed by atoms with Crippen molar-refractivity contribution in [2.45, 2.75) is 26.2 Å². The standard InChI is InChI=1S/C25H24F2O/c1-3-28-25-14-11-19(16-24(25)27)9-12-22-13-10-20(17-23(22)26)15-18(2)21-7-5-4-6-8-21/h4-14,16-18H,3,15H2,1-2H3/t18-/m0/s1. The van der Waals surface area contributed by atoms with Gasteiger partial charge in [-0.25, -0.2) is 8.78 Å². The second kappa shape index (κ2) is 9.32. The lowest BCUT2D eigenvalue weighted by Gasteiger charge is -2.12. The van der Waals surface area contributed by atoms with Gasteiger partial charge in [-0.2, -0.15) is 0 Å². The molecule has 0 aliphatic carbocycles. The summed E-state index contributed by atoms with van der Waals surface area (Å²) < 4.78 is 33.6. The van der Waals surface area contributed by atoms with Crippen LogP contribution in [-0.2, 0) is 6.42 Å². The predicted molar refractivity (Wildman–Crippen MR) is 111 cm³/mol. The molecule has 0 saturated carbocycles. The molecule has 0 aliphatic rings. The summed E-state index contributed by atoms with van der Waals surface area (Å²) in [6.07, 6.45) is 4.13. The number of ether oxygens (including phenoxy) is 1. The van der Waals surface area contributed by atoms with E-state index in [1.165, 1.54) is 11.6 Å². The molecule has 0 spiro atoms. The van der Waals surface area contributed by atoms with Crippen LogP contribution < -0.4 is 4.74 Å². The Hall–Kier alpha value is -2.94. The first-order valence-corrected chi connectivity index (χ1v) is 9.50. The zero-order valence-electron chi connectivity index (χ0n) is 16.2. The maximum Gasteiger partial charge on any atom is 0.165 e. The summed E-state index contributed by atoms with van der Waals surface area (Å²) >= 11 is 0. The van der Waals surface area contributed by atoms with Gasteiger partial charge in [0.15, 0.2) is 11.6 Å². The smallest absolute Gasteiger partial charge is 0.165 e. The highest BCUT2D eigenvalue weighted by molar-refractivity contribution is 5.70. The van der Waals surface area contributed by atoms with Gasteiger partial charge in [-0.3, -0.25) is 0 Å². The molecule has 144 valence electrons. The highest BCUT2D eigenvalue weighted by atomic mass is 19.1. The first kappa shape index (κ1) is 19.8. The van der Waals surface area contributed by atoms with Gasteiger partial charge in [0.25, 0.3) is 0 Å². The summed E-state index contributed by atoms with van der Waals surface area (Å²) in [7, 11) is 0. The molecule has 0 saturated heterocycles. The van der Waals surface area contributed by atoms with Crippen LogP contribution in [-0.4, -0.2) is 6.61 Å². The van der Waals surface area contributed by atoms with E-state index >= 15 is 0 Å². The molecule has 3 rings (SSSR count). The molecule has 0 fully saturated rings. The zero-order chi connectivity index (χ0) is 19.9. The average molecular weight is 378 g/mol. The van der Waals surface area contributed by atoms with Crippen LogP contribution in [0.5, 0.6) is 5.75 Å². The second-order valence-electron chi connectivity index (χ2n) is 6.83. The van der Waals surface area contributed by atoms with Crippen LogP contribution in [0.15, 0.2) is 66.7 Å². The minimum atomic E-state index is -0.422. The maximum atomic E-state index is 14.5. The Balaban J connectivity index is 1.70. The lowest BCUT2D eigenvalue weighted by Crippen LogP contribution is -1.99. The van der Waals surface area contributed by atoms with Gasteiger partial charge < -0.3 is 4.74 Å². The van der Waals surface area contributed by atoms with Crippen LogP contribution in [0.1, 0.15) is 42.0 Å². The molecule has 28 heavy (non-hydrogen) atoms. The third-order valence-corrected chi connectivity index (χ3v) is 4.69. The van der Waals surface area contributed by atoms with Crippen LogP contribution >= 0.6 is 0 Å². The van der Waals surface area contributed by atoms with E-state index in [2.05, 4.69) is 19.1 Å². The highest BCUT2D eigenvalue weighted by Gasteiger charge is 2.08. The molecule has 3 aromatic rings. The minimum absolute atomic E-state index is 0.225. The molecule has 3 aromatic carbocycles. The molecule has 0 aromatic heterocycles. The lowest BCUT2D eigenvalue weighted by molar-refractivity contribution is 0.321. The van der Waals surface area contributed by atoms with Gasteiger partial charge in [0, 0.05) is 5.56 Å². The van der Waals surface area contributed by atoms with Crippen molar-refractivity contribution in [1.82, 2.24) is 0 Å². The predicted octanol–water partition coefficient (Wildman–Crippen LogP) is 6.88. The van der Waals surface area contributed by atoms with Gasteiger partial charge in [0.1, 0.15) is 5.82 Å². The van der Waals surface area contributed by atoms with Crippen LogP contribution in [0, 0.1) is 11.6 Å². The molecule has 0 heterocycles. The van der Waals surface area contributed by atoms with Gasteiger partial charge >= 0.3 is 0 Å². The topological polar surface area (TPSA) is 9.23 Å². The fourth-order valence-electron chi connectivity index (χ4n) is 3.17. The van der Waals surface area contributed by atoms with E-state index in [0.29, 0.717) is 23.7 Å². The van der Waals surface area contributed by atoms with E-state index in [1.807, 2.05) is 24.3 Å². The van der Waals surface area contributed by atoms with Gasteiger partial charge in [-0.15, -0.1) is 0 Å². The van der Waals surface area contributed by atoms with E-state index in [0.717, 1.165) is 12.0 Å². The molecule has 0 bridgehead atoms. The van der Waals surface area contributed by atoms with Crippen molar-refractivity contribution >= 4 is 12.2 Å². The highest BCUT2D eigenvalue weighted by Crippen LogP contribution is 2.23. The van der Waals surface area contributed by atoms with Crippen molar-refractivity contribution in [3.8, 4) is 5.75 Å². The van der Waals surface area contributed by atoms with Gasteiger partial charge in [-0.05, 0) is 54.2 Å². The largest absolute Gasteiger partial charge is 0.491 e. The molecule has 0 radical (unpaired) electrons. The summed E-state index contributed by atoms with van der Waals surface area (Å²) in [5.74, 6) is -0.160. The molecule has 1 atom stereocenters. The summed E-state index contributed by atoms with van der Waals surface area (Å²) in [6, 6.07) is 20.2. The van der Waals surface area contributed by atoms with Gasteiger partial charge in [0.2, 0.25) is 0 Å². The first-order chi connectivity index (χ1) is 13.6. The Morgan fingerprint density at radius 2 is 1.68 bits per heavy atom. The average Bonchev–Trinajstić information content (AvgIpc) is 2.70. The van der Waals surface area contributed by atoms with Crippen molar-refractivity contribution in [3.63, 3.8) is 0 Å². The Morgan fingerprint density at radius 3 is 2.36 bits per heavy atom. The summed E-state index contributed by atoms with van der Waals surface area (Å²) in [5, 5.41) is 0.